The summed E-state index contributed by atoms with van der Waals surface area (Å²) in [5.41, 5.74) is 0. The zero-order valence-electron chi connectivity index (χ0n) is 7.59. The normalized spacial score (nSPS) is 15.0. The van der Waals surface area contributed by atoms with Gasteiger partial charge in [-0.1, -0.05) is 0 Å². The monoisotopic (exact) mass is 245 g/mol. The molecule has 0 aromatic rings. The summed E-state index contributed by atoms with van der Waals surface area (Å²) in [6.07, 6.45) is 0.748. The number of hydrogen-bond donors (Lipinski definition) is 2. The van der Waals surface area contributed by atoms with Crippen LogP contribution in [-0.4, -0.2) is 45.3 Å². The van der Waals surface area contributed by atoms with Crippen molar-refractivity contribution in [2.24, 2.45) is 0 Å². The van der Waals surface area contributed by atoms with Crippen molar-refractivity contribution >= 4 is 25.8 Å². The molecule has 0 bridgehead atoms. The molecule has 0 amide bonds. The lowest BCUT2D eigenvalue weighted by atomic mass is 10.4. The van der Waals surface area contributed by atoms with Crippen LogP contribution in [0.1, 0.15) is 6.92 Å². The summed E-state index contributed by atoms with van der Waals surface area (Å²) in [6, 6.07) is -1.35. The molecule has 0 aliphatic heterocycles. The predicted octanol–water partition coefficient (Wildman–Crippen LogP) is -1.62. The van der Waals surface area contributed by atoms with Crippen molar-refractivity contribution < 1.29 is 26.7 Å². The first kappa shape index (κ1) is 13.3. The van der Waals surface area contributed by atoms with E-state index >= 15 is 0 Å². The van der Waals surface area contributed by atoms with Gasteiger partial charge in [-0.05, 0) is 6.92 Å². The summed E-state index contributed by atoms with van der Waals surface area (Å²) in [5.74, 6) is -1.37. The fourth-order valence-corrected chi connectivity index (χ4v) is 3.80. The van der Waals surface area contributed by atoms with E-state index in [9.17, 15) is 21.6 Å². The van der Waals surface area contributed by atoms with Crippen molar-refractivity contribution in [1.29, 1.82) is 0 Å². The molecule has 0 heterocycles. The molecule has 0 unspecified atom stereocenters. The van der Waals surface area contributed by atoms with Crippen LogP contribution in [0, 0.1) is 0 Å². The van der Waals surface area contributed by atoms with Gasteiger partial charge in [0.15, 0.2) is 14.9 Å². The van der Waals surface area contributed by atoms with Crippen LogP contribution in [0.15, 0.2) is 0 Å². The number of hydrogen-bond acceptors (Lipinski definition) is 5. The highest BCUT2D eigenvalue weighted by Crippen LogP contribution is 1.94. The molecular weight excluding hydrogens is 234 g/mol. The Balaban J connectivity index is 4.61. The largest absolute Gasteiger partial charge is 0.480 e. The van der Waals surface area contributed by atoms with Crippen molar-refractivity contribution in [2.45, 2.75) is 13.0 Å². The van der Waals surface area contributed by atoms with Gasteiger partial charge in [0.2, 0.25) is 10.0 Å². The smallest absolute Gasteiger partial charge is 0.321 e. The molecule has 7 nitrogen and oxygen atoms in total. The van der Waals surface area contributed by atoms with Crippen molar-refractivity contribution in [3.05, 3.63) is 0 Å². The molecule has 2 N–H and O–H groups in total. The second-order valence-corrected chi connectivity index (χ2v) is 7.10. The van der Waals surface area contributed by atoms with Crippen LogP contribution in [0.5, 0.6) is 0 Å². The molecular formula is C5H11NO6S2. The first-order valence-electron chi connectivity index (χ1n) is 3.44. The van der Waals surface area contributed by atoms with Gasteiger partial charge < -0.3 is 5.11 Å². The van der Waals surface area contributed by atoms with Gasteiger partial charge >= 0.3 is 5.97 Å². The molecule has 0 aromatic carbocycles. The fourth-order valence-electron chi connectivity index (χ4n) is 0.636. The first-order valence-corrected chi connectivity index (χ1v) is 7.15. The van der Waals surface area contributed by atoms with E-state index in [-0.39, 0.29) is 0 Å². The lowest BCUT2D eigenvalue weighted by molar-refractivity contribution is -0.138. The van der Waals surface area contributed by atoms with Gasteiger partial charge in [-0.15, -0.1) is 0 Å². The number of carbonyl (C=O) groups is 1. The lowest BCUT2D eigenvalue weighted by Crippen LogP contribution is -2.40. The van der Waals surface area contributed by atoms with E-state index in [0.29, 0.717) is 0 Å². The number of nitrogens with one attached hydrogen (secondary N) is 1. The van der Waals surface area contributed by atoms with Crippen molar-refractivity contribution in [3.63, 3.8) is 0 Å². The minimum Gasteiger partial charge on any atom is -0.480 e. The van der Waals surface area contributed by atoms with Gasteiger partial charge in [-0.25, -0.2) is 21.6 Å². The molecule has 84 valence electrons. The van der Waals surface area contributed by atoms with E-state index in [0.717, 1.165) is 13.2 Å². The highest BCUT2D eigenvalue weighted by Gasteiger charge is 2.23. The summed E-state index contributed by atoms with van der Waals surface area (Å²) in [5, 5.41) is 7.25. The SMILES string of the molecule is C[C@H](NS(=O)(=O)CS(C)(=O)=O)C(=O)O. The van der Waals surface area contributed by atoms with Crippen molar-refractivity contribution in [3.8, 4) is 0 Å². The summed E-state index contributed by atoms with van der Waals surface area (Å²) in [7, 11) is -7.80. The Morgan fingerprint density at radius 1 is 1.36 bits per heavy atom. The maximum Gasteiger partial charge on any atom is 0.321 e. The number of carboxylic acids is 1. The Bertz CT molecular complexity index is 408. The van der Waals surface area contributed by atoms with Crippen LogP contribution in [0.2, 0.25) is 0 Å². The first-order chi connectivity index (χ1) is 6.03. The molecule has 0 radical (unpaired) electrons. The Morgan fingerprint density at radius 3 is 2.07 bits per heavy atom. The molecule has 0 aliphatic rings. The topological polar surface area (TPSA) is 118 Å². The highest BCUT2D eigenvalue weighted by molar-refractivity contribution is 8.06. The molecule has 0 aromatic heterocycles. The fraction of sp³-hybridized carbons (Fsp3) is 0.800. The second kappa shape index (κ2) is 4.24. The second-order valence-electron chi connectivity index (χ2n) is 2.84. The average molecular weight is 245 g/mol. The zero-order valence-corrected chi connectivity index (χ0v) is 9.22. The number of rotatable bonds is 5. The van der Waals surface area contributed by atoms with Gasteiger partial charge in [0.25, 0.3) is 0 Å². The van der Waals surface area contributed by atoms with E-state index in [1.807, 2.05) is 0 Å². The summed E-state index contributed by atoms with van der Waals surface area (Å²) in [6.45, 7) is 1.10. The quantitative estimate of drug-likeness (QED) is 0.601. The predicted molar refractivity (Wildman–Crippen MR) is 48.9 cm³/mol. The van der Waals surface area contributed by atoms with Crippen molar-refractivity contribution in [1.82, 2.24) is 4.72 Å². The Morgan fingerprint density at radius 2 is 1.79 bits per heavy atom. The van der Waals surface area contributed by atoms with Gasteiger partial charge in [0, 0.05) is 6.26 Å². The third-order valence-corrected chi connectivity index (χ3v) is 4.76. The number of aliphatic carboxylic acids is 1. The van der Waals surface area contributed by atoms with Gasteiger partial charge in [-0.3, -0.25) is 4.79 Å². The maximum atomic E-state index is 11.0. The van der Waals surface area contributed by atoms with Crippen LogP contribution < -0.4 is 4.72 Å². The Labute approximate surface area is 82.1 Å². The van der Waals surface area contributed by atoms with E-state index in [1.165, 1.54) is 0 Å². The van der Waals surface area contributed by atoms with Gasteiger partial charge in [-0.2, -0.15) is 0 Å². The number of sulfonamides is 1. The zero-order chi connectivity index (χ0) is 11.6. The van der Waals surface area contributed by atoms with Crippen LogP contribution in [-0.2, 0) is 24.7 Å². The van der Waals surface area contributed by atoms with Crippen LogP contribution >= 0.6 is 0 Å². The summed E-state index contributed by atoms with van der Waals surface area (Å²) >= 11 is 0. The maximum absolute atomic E-state index is 11.0. The minimum absolute atomic E-state index is 0.748. The third kappa shape index (κ3) is 5.89. The van der Waals surface area contributed by atoms with E-state index in [1.54, 1.807) is 4.72 Å². The molecule has 0 saturated carbocycles. The van der Waals surface area contributed by atoms with Crippen LogP contribution in [0.4, 0.5) is 0 Å². The van der Waals surface area contributed by atoms with E-state index in [2.05, 4.69) is 0 Å². The molecule has 0 aliphatic carbocycles. The number of carboxylic acid groups (broad SMARTS) is 1. The molecule has 0 spiro atoms. The van der Waals surface area contributed by atoms with Gasteiger partial charge in [0.05, 0.1) is 0 Å². The summed E-state index contributed by atoms with van der Waals surface area (Å²) in [4.78, 5) is 10.3. The lowest BCUT2D eigenvalue weighted by Gasteiger charge is -2.08. The highest BCUT2D eigenvalue weighted by atomic mass is 32.3. The molecule has 0 fully saturated rings. The van der Waals surface area contributed by atoms with E-state index < -0.39 is 37.0 Å². The van der Waals surface area contributed by atoms with E-state index in [4.69, 9.17) is 5.11 Å². The summed E-state index contributed by atoms with van der Waals surface area (Å²) < 4.78 is 45.0. The average Bonchev–Trinajstić information content (AvgIpc) is 1.78. The van der Waals surface area contributed by atoms with Crippen molar-refractivity contribution in [2.75, 3.05) is 11.3 Å². The molecule has 1 atom stereocenters. The third-order valence-electron chi connectivity index (χ3n) is 1.10. The molecule has 14 heavy (non-hydrogen) atoms. The molecule has 0 saturated heterocycles. The Kier molecular flexibility index (Phi) is 4.03. The van der Waals surface area contributed by atoms with Crippen LogP contribution in [0.3, 0.4) is 0 Å². The van der Waals surface area contributed by atoms with Gasteiger partial charge in [0.1, 0.15) is 6.04 Å². The molecule has 0 rings (SSSR count). The van der Waals surface area contributed by atoms with Crippen LogP contribution in [0.25, 0.3) is 0 Å². The Hall–Kier alpha value is -0.670. The standard InChI is InChI=1S/C5H11NO6S2/c1-4(5(7)8)6-14(11,12)3-13(2,9)10/h4,6H,3H2,1-2H3,(H,7,8)/t4-/m0/s1. The number of sulfone groups is 1. The minimum atomic E-state index is -4.10. The molecule has 9 heteroatoms.